The summed E-state index contributed by atoms with van der Waals surface area (Å²) < 4.78 is 5.68. The third kappa shape index (κ3) is 3.48. The monoisotopic (exact) mass is 354 g/mol. The fourth-order valence-electron chi connectivity index (χ4n) is 2.37. The van der Waals surface area contributed by atoms with E-state index in [0.29, 0.717) is 27.7 Å². The van der Waals surface area contributed by atoms with Crippen LogP contribution in [0.2, 0.25) is 5.02 Å². The van der Waals surface area contributed by atoms with Crippen LogP contribution in [0, 0.1) is 18.3 Å². The molecule has 0 aliphatic rings. The van der Waals surface area contributed by atoms with E-state index in [9.17, 15) is 5.11 Å². The van der Waals surface area contributed by atoms with Crippen LogP contribution in [0.15, 0.2) is 46.9 Å². The number of aliphatic hydroxyl groups excluding tert-OH is 1. The maximum Gasteiger partial charge on any atom is 0.247 e. The molecule has 0 radical (unpaired) electrons. The molecule has 0 fully saturated rings. The van der Waals surface area contributed by atoms with Crippen LogP contribution in [-0.2, 0) is 0 Å². The summed E-state index contributed by atoms with van der Waals surface area (Å²) in [7, 11) is 0. The number of aromatic nitrogens is 2. The molecule has 2 N–H and O–H groups in total. The third-order valence-corrected chi connectivity index (χ3v) is 4.27. The molecule has 1 aromatic heterocycles. The Bertz CT molecular complexity index is 919. The topological polar surface area (TPSA) is 95.0 Å². The lowest BCUT2D eigenvalue weighted by atomic mass is 10.1. The van der Waals surface area contributed by atoms with E-state index < -0.39 is 6.04 Å². The van der Waals surface area contributed by atoms with E-state index in [1.807, 2.05) is 36.4 Å². The first-order valence-electron chi connectivity index (χ1n) is 7.59. The SMILES string of the molecule is Cc1c(N[C@H](CO)c2nnc(-c3ccccc3)o2)ccc(C#N)c1Cl. The van der Waals surface area contributed by atoms with Crippen molar-refractivity contribution in [2.45, 2.75) is 13.0 Å². The van der Waals surface area contributed by atoms with E-state index in [0.717, 1.165) is 5.56 Å². The first-order chi connectivity index (χ1) is 12.1. The third-order valence-electron chi connectivity index (χ3n) is 3.78. The van der Waals surface area contributed by atoms with Crippen LogP contribution in [0.1, 0.15) is 23.1 Å². The Balaban J connectivity index is 1.86. The molecule has 1 heterocycles. The van der Waals surface area contributed by atoms with Gasteiger partial charge in [0.25, 0.3) is 0 Å². The minimum Gasteiger partial charge on any atom is -0.418 e. The standard InChI is InChI=1S/C18H15ClN4O2/c1-11-14(8-7-13(9-20)16(11)19)21-15(10-24)18-23-22-17(25-18)12-5-3-2-4-6-12/h2-8,15,21,24H,10H2,1H3/t15-/m1/s1. The number of nitriles is 1. The van der Waals surface area contributed by atoms with Crippen molar-refractivity contribution in [2.75, 3.05) is 11.9 Å². The number of rotatable bonds is 5. The van der Waals surface area contributed by atoms with Gasteiger partial charge in [0.2, 0.25) is 11.8 Å². The molecule has 0 saturated carbocycles. The number of benzene rings is 2. The first-order valence-corrected chi connectivity index (χ1v) is 7.97. The second-order valence-electron chi connectivity index (χ2n) is 5.40. The van der Waals surface area contributed by atoms with E-state index in [2.05, 4.69) is 15.5 Å². The molecule has 0 saturated heterocycles. The number of aliphatic hydroxyl groups is 1. The molecule has 0 aliphatic heterocycles. The maximum absolute atomic E-state index is 9.71. The fourth-order valence-corrected chi connectivity index (χ4v) is 2.58. The summed E-state index contributed by atoms with van der Waals surface area (Å²) in [6.45, 7) is 1.55. The fraction of sp³-hybridized carbons (Fsp3) is 0.167. The Morgan fingerprint density at radius 1 is 1.24 bits per heavy atom. The van der Waals surface area contributed by atoms with Crippen LogP contribution in [0.3, 0.4) is 0 Å². The zero-order valence-corrected chi connectivity index (χ0v) is 14.2. The van der Waals surface area contributed by atoms with Crippen LogP contribution < -0.4 is 5.32 Å². The summed E-state index contributed by atoms with van der Waals surface area (Å²) in [6, 6.07) is 14.2. The minimum atomic E-state index is -0.590. The molecular weight excluding hydrogens is 340 g/mol. The number of hydrogen-bond acceptors (Lipinski definition) is 6. The molecule has 0 amide bonds. The number of nitrogens with one attached hydrogen (secondary N) is 1. The summed E-state index contributed by atoms with van der Waals surface area (Å²) in [4.78, 5) is 0. The Hall–Kier alpha value is -2.88. The largest absolute Gasteiger partial charge is 0.418 e. The lowest BCUT2D eigenvalue weighted by Gasteiger charge is -2.16. The van der Waals surface area contributed by atoms with Gasteiger partial charge in [-0.3, -0.25) is 0 Å². The summed E-state index contributed by atoms with van der Waals surface area (Å²) in [6.07, 6.45) is 0. The molecule has 0 spiro atoms. The average molecular weight is 355 g/mol. The van der Waals surface area contributed by atoms with E-state index in [1.54, 1.807) is 19.1 Å². The van der Waals surface area contributed by atoms with Gasteiger partial charge < -0.3 is 14.8 Å². The molecule has 0 unspecified atom stereocenters. The predicted molar refractivity (Wildman–Crippen MR) is 94.1 cm³/mol. The van der Waals surface area contributed by atoms with Gasteiger partial charge in [0.15, 0.2) is 0 Å². The highest BCUT2D eigenvalue weighted by Gasteiger charge is 2.20. The van der Waals surface area contributed by atoms with E-state index in [4.69, 9.17) is 21.3 Å². The number of halogens is 1. The van der Waals surface area contributed by atoms with Crippen molar-refractivity contribution in [3.05, 3.63) is 64.5 Å². The molecule has 7 heteroatoms. The molecule has 3 rings (SSSR count). The van der Waals surface area contributed by atoms with Gasteiger partial charge in [-0.15, -0.1) is 10.2 Å². The molecule has 6 nitrogen and oxygen atoms in total. The quantitative estimate of drug-likeness (QED) is 0.725. The Morgan fingerprint density at radius 3 is 2.68 bits per heavy atom. The van der Waals surface area contributed by atoms with Crippen LogP contribution in [0.5, 0.6) is 0 Å². The summed E-state index contributed by atoms with van der Waals surface area (Å²) >= 11 is 6.18. The Kier molecular flexibility index (Phi) is 4.98. The van der Waals surface area contributed by atoms with Crippen molar-refractivity contribution in [1.29, 1.82) is 5.26 Å². The Morgan fingerprint density at radius 2 is 2.00 bits per heavy atom. The number of nitrogens with zero attached hydrogens (tertiary/aromatic N) is 3. The normalized spacial score (nSPS) is 11.8. The van der Waals surface area contributed by atoms with Gasteiger partial charge in [-0.2, -0.15) is 5.26 Å². The van der Waals surface area contributed by atoms with Crippen molar-refractivity contribution in [3.8, 4) is 17.5 Å². The number of hydrogen-bond donors (Lipinski definition) is 2. The highest BCUT2D eigenvalue weighted by Crippen LogP contribution is 2.30. The van der Waals surface area contributed by atoms with E-state index >= 15 is 0 Å². The minimum absolute atomic E-state index is 0.243. The van der Waals surface area contributed by atoms with Crippen LogP contribution in [0.4, 0.5) is 5.69 Å². The van der Waals surface area contributed by atoms with E-state index in [1.165, 1.54) is 0 Å². The summed E-state index contributed by atoms with van der Waals surface area (Å²) in [5.41, 5.74) is 2.59. The van der Waals surface area contributed by atoms with Gasteiger partial charge in [0, 0.05) is 11.3 Å². The lowest BCUT2D eigenvalue weighted by Crippen LogP contribution is -2.16. The van der Waals surface area contributed by atoms with E-state index in [-0.39, 0.29) is 12.5 Å². The maximum atomic E-state index is 9.71. The van der Waals surface area contributed by atoms with Gasteiger partial charge >= 0.3 is 0 Å². The molecule has 1 atom stereocenters. The van der Waals surface area contributed by atoms with Crippen molar-refractivity contribution in [3.63, 3.8) is 0 Å². The van der Waals surface area contributed by atoms with Crippen molar-refractivity contribution >= 4 is 17.3 Å². The number of anilines is 1. The summed E-state index contributed by atoms with van der Waals surface area (Å²) in [5.74, 6) is 0.645. The summed E-state index contributed by atoms with van der Waals surface area (Å²) in [5, 5.41) is 30.3. The van der Waals surface area contributed by atoms with Crippen LogP contribution in [-0.4, -0.2) is 21.9 Å². The molecule has 3 aromatic rings. The lowest BCUT2D eigenvalue weighted by molar-refractivity contribution is 0.258. The van der Waals surface area contributed by atoms with Gasteiger partial charge in [-0.25, -0.2) is 0 Å². The molecule has 0 aliphatic carbocycles. The van der Waals surface area contributed by atoms with Crippen molar-refractivity contribution in [1.82, 2.24) is 10.2 Å². The smallest absolute Gasteiger partial charge is 0.247 e. The molecule has 126 valence electrons. The molecular formula is C18H15ClN4O2. The average Bonchev–Trinajstić information content (AvgIpc) is 3.14. The first kappa shape index (κ1) is 17.0. The highest BCUT2D eigenvalue weighted by atomic mass is 35.5. The Labute approximate surface area is 149 Å². The van der Waals surface area contributed by atoms with Gasteiger partial charge in [0.05, 0.1) is 17.2 Å². The zero-order valence-electron chi connectivity index (χ0n) is 13.4. The highest BCUT2D eigenvalue weighted by molar-refractivity contribution is 6.32. The second kappa shape index (κ2) is 7.34. The van der Waals surface area contributed by atoms with Gasteiger partial charge in [0.1, 0.15) is 12.1 Å². The molecule has 25 heavy (non-hydrogen) atoms. The van der Waals surface area contributed by atoms with Gasteiger partial charge in [-0.1, -0.05) is 29.8 Å². The second-order valence-corrected chi connectivity index (χ2v) is 5.78. The zero-order chi connectivity index (χ0) is 17.8. The van der Waals surface area contributed by atoms with Crippen molar-refractivity contribution in [2.24, 2.45) is 0 Å². The van der Waals surface area contributed by atoms with Crippen LogP contribution in [0.25, 0.3) is 11.5 Å². The predicted octanol–water partition coefficient (Wildman–Crippen LogP) is 3.72. The van der Waals surface area contributed by atoms with Crippen LogP contribution >= 0.6 is 11.6 Å². The van der Waals surface area contributed by atoms with Crippen molar-refractivity contribution < 1.29 is 9.52 Å². The van der Waals surface area contributed by atoms with Gasteiger partial charge in [-0.05, 0) is 36.8 Å². The molecule has 2 aromatic carbocycles. The molecule has 0 bridgehead atoms.